The van der Waals surface area contributed by atoms with Crippen molar-refractivity contribution in [2.75, 3.05) is 18.8 Å². The van der Waals surface area contributed by atoms with Crippen LogP contribution in [0.25, 0.3) is 0 Å². The molecule has 0 spiro atoms. The number of aliphatic hydroxyl groups is 1. The van der Waals surface area contributed by atoms with E-state index in [-0.39, 0.29) is 5.91 Å². The van der Waals surface area contributed by atoms with Crippen molar-refractivity contribution in [2.45, 2.75) is 18.9 Å². The Morgan fingerprint density at radius 3 is 3.00 bits per heavy atom. The number of anilines is 1. The molecule has 1 unspecified atom stereocenters. The summed E-state index contributed by atoms with van der Waals surface area (Å²) in [6.07, 6.45) is 3.61. The predicted molar refractivity (Wildman–Crippen MR) is 59.8 cm³/mol. The molecule has 1 aromatic rings. The molecule has 1 amide bonds. The monoisotopic (exact) mass is 221 g/mol. The molecule has 1 atom stereocenters. The first-order valence-electron chi connectivity index (χ1n) is 5.21. The number of amides is 1. The van der Waals surface area contributed by atoms with Crippen molar-refractivity contribution >= 4 is 11.6 Å². The fourth-order valence-electron chi connectivity index (χ4n) is 1.87. The van der Waals surface area contributed by atoms with Crippen molar-refractivity contribution in [2.24, 2.45) is 0 Å². The quantitative estimate of drug-likeness (QED) is 0.713. The molecule has 0 aromatic carbocycles. The van der Waals surface area contributed by atoms with Crippen LogP contribution in [-0.2, 0) is 0 Å². The second kappa shape index (κ2) is 3.75. The van der Waals surface area contributed by atoms with Gasteiger partial charge in [0, 0.05) is 31.2 Å². The van der Waals surface area contributed by atoms with Crippen LogP contribution in [0.3, 0.4) is 0 Å². The molecule has 1 aliphatic rings. The van der Waals surface area contributed by atoms with Gasteiger partial charge in [0.2, 0.25) is 0 Å². The highest BCUT2D eigenvalue weighted by atomic mass is 16.3. The molecule has 0 radical (unpaired) electrons. The zero-order valence-electron chi connectivity index (χ0n) is 9.18. The van der Waals surface area contributed by atoms with E-state index < -0.39 is 5.60 Å². The first kappa shape index (κ1) is 10.9. The Morgan fingerprint density at radius 2 is 2.44 bits per heavy atom. The van der Waals surface area contributed by atoms with Crippen molar-refractivity contribution in [3.8, 4) is 0 Å². The van der Waals surface area contributed by atoms with E-state index >= 15 is 0 Å². The Morgan fingerprint density at radius 1 is 1.69 bits per heavy atom. The Kier molecular flexibility index (Phi) is 2.55. The fourth-order valence-corrected chi connectivity index (χ4v) is 1.87. The SMILES string of the molecule is CC1(O)CCN(C(=O)c2cnccc2N)C1. The van der Waals surface area contributed by atoms with Gasteiger partial charge < -0.3 is 15.7 Å². The first-order valence-corrected chi connectivity index (χ1v) is 5.21. The summed E-state index contributed by atoms with van der Waals surface area (Å²) < 4.78 is 0. The third-order valence-electron chi connectivity index (χ3n) is 2.82. The van der Waals surface area contributed by atoms with Crippen LogP contribution >= 0.6 is 0 Å². The lowest BCUT2D eigenvalue weighted by atomic mass is 10.1. The standard InChI is InChI=1S/C11H15N3O2/c1-11(16)3-5-14(7-11)10(15)8-6-13-4-2-9(8)12/h2,4,6,16H,3,5,7H2,1H3,(H2,12,13). The fraction of sp³-hybridized carbons (Fsp3) is 0.455. The number of likely N-dealkylation sites (tertiary alicyclic amines) is 1. The van der Waals surface area contributed by atoms with Crippen LogP contribution in [0.2, 0.25) is 0 Å². The normalized spacial score (nSPS) is 24.8. The van der Waals surface area contributed by atoms with Gasteiger partial charge in [-0.15, -0.1) is 0 Å². The van der Waals surface area contributed by atoms with E-state index in [1.54, 1.807) is 24.1 Å². The molecule has 2 rings (SSSR count). The van der Waals surface area contributed by atoms with Crippen molar-refractivity contribution in [1.29, 1.82) is 0 Å². The van der Waals surface area contributed by atoms with Gasteiger partial charge in [0.1, 0.15) is 0 Å². The third kappa shape index (κ3) is 1.99. The predicted octanol–water partition coefficient (Wildman–Crippen LogP) is 0.261. The van der Waals surface area contributed by atoms with E-state index in [1.165, 1.54) is 6.20 Å². The largest absolute Gasteiger partial charge is 0.398 e. The smallest absolute Gasteiger partial charge is 0.257 e. The number of nitrogen functional groups attached to an aromatic ring is 1. The topological polar surface area (TPSA) is 79.5 Å². The van der Waals surface area contributed by atoms with Crippen LogP contribution in [0.4, 0.5) is 5.69 Å². The second-order valence-corrected chi connectivity index (χ2v) is 4.44. The molecule has 1 aliphatic heterocycles. The van der Waals surface area contributed by atoms with E-state index in [4.69, 9.17) is 5.73 Å². The van der Waals surface area contributed by atoms with E-state index in [0.29, 0.717) is 30.8 Å². The number of hydrogen-bond donors (Lipinski definition) is 2. The number of carbonyl (C=O) groups is 1. The van der Waals surface area contributed by atoms with Gasteiger partial charge in [0.05, 0.1) is 11.2 Å². The average Bonchev–Trinajstić information content (AvgIpc) is 2.59. The first-order chi connectivity index (χ1) is 7.49. The molecule has 1 fully saturated rings. The number of carbonyl (C=O) groups excluding carboxylic acids is 1. The molecule has 0 saturated carbocycles. The maximum Gasteiger partial charge on any atom is 0.257 e. The van der Waals surface area contributed by atoms with Crippen molar-refractivity contribution in [1.82, 2.24) is 9.88 Å². The summed E-state index contributed by atoms with van der Waals surface area (Å²) in [5.74, 6) is -0.164. The molecule has 16 heavy (non-hydrogen) atoms. The van der Waals surface area contributed by atoms with Gasteiger partial charge in [-0.1, -0.05) is 0 Å². The van der Waals surface area contributed by atoms with Gasteiger partial charge in [-0.3, -0.25) is 9.78 Å². The van der Waals surface area contributed by atoms with Gasteiger partial charge in [0.25, 0.3) is 5.91 Å². The Labute approximate surface area is 93.9 Å². The number of rotatable bonds is 1. The van der Waals surface area contributed by atoms with Crippen LogP contribution in [-0.4, -0.2) is 39.6 Å². The summed E-state index contributed by atoms with van der Waals surface area (Å²) in [5, 5.41) is 9.79. The molecule has 5 heteroatoms. The summed E-state index contributed by atoms with van der Waals surface area (Å²) in [6.45, 7) is 2.63. The lowest BCUT2D eigenvalue weighted by Crippen LogP contribution is -2.34. The third-order valence-corrected chi connectivity index (χ3v) is 2.82. The van der Waals surface area contributed by atoms with E-state index in [1.807, 2.05) is 0 Å². The lowest BCUT2D eigenvalue weighted by Gasteiger charge is -2.19. The van der Waals surface area contributed by atoms with E-state index in [9.17, 15) is 9.90 Å². The lowest BCUT2D eigenvalue weighted by molar-refractivity contribution is 0.0572. The molecular formula is C11H15N3O2. The molecule has 0 aliphatic carbocycles. The van der Waals surface area contributed by atoms with Crippen LogP contribution in [0.1, 0.15) is 23.7 Å². The molecule has 0 bridgehead atoms. The Balaban J connectivity index is 2.18. The zero-order chi connectivity index (χ0) is 11.8. The van der Waals surface area contributed by atoms with Crippen molar-refractivity contribution < 1.29 is 9.90 Å². The molecule has 1 aromatic heterocycles. The minimum Gasteiger partial charge on any atom is -0.398 e. The highest BCUT2D eigenvalue weighted by Gasteiger charge is 2.34. The number of pyridine rings is 1. The zero-order valence-corrected chi connectivity index (χ0v) is 9.18. The summed E-state index contributed by atoms with van der Waals surface area (Å²) in [5.41, 5.74) is 5.75. The highest BCUT2D eigenvalue weighted by molar-refractivity contribution is 5.98. The number of β-amino-alcohol motifs (C(OH)–C–C–N with tert-alkyl or cyclic N) is 1. The van der Waals surface area contributed by atoms with Crippen molar-refractivity contribution in [3.05, 3.63) is 24.0 Å². The maximum absolute atomic E-state index is 12.1. The van der Waals surface area contributed by atoms with Gasteiger partial charge in [-0.2, -0.15) is 0 Å². The number of nitrogens with zero attached hydrogens (tertiary/aromatic N) is 2. The van der Waals surface area contributed by atoms with Gasteiger partial charge in [0.15, 0.2) is 0 Å². The van der Waals surface area contributed by atoms with Crippen molar-refractivity contribution in [3.63, 3.8) is 0 Å². The minimum atomic E-state index is -0.785. The molecule has 1 saturated heterocycles. The number of hydrogen-bond acceptors (Lipinski definition) is 4. The molecular weight excluding hydrogens is 206 g/mol. The molecule has 86 valence electrons. The summed E-state index contributed by atoms with van der Waals surface area (Å²) >= 11 is 0. The van der Waals surface area contributed by atoms with Crippen LogP contribution < -0.4 is 5.73 Å². The minimum absolute atomic E-state index is 0.164. The van der Waals surface area contributed by atoms with Gasteiger partial charge >= 0.3 is 0 Å². The molecule has 2 heterocycles. The van der Waals surface area contributed by atoms with E-state index in [0.717, 1.165) is 0 Å². The Bertz CT molecular complexity index is 417. The molecule has 5 nitrogen and oxygen atoms in total. The summed E-state index contributed by atoms with van der Waals surface area (Å²) in [7, 11) is 0. The van der Waals surface area contributed by atoms with Crippen LogP contribution in [0, 0.1) is 0 Å². The summed E-state index contributed by atoms with van der Waals surface area (Å²) in [4.78, 5) is 17.5. The maximum atomic E-state index is 12.1. The average molecular weight is 221 g/mol. The number of aromatic nitrogens is 1. The summed E-state index contributed by atoms with van der Waals surface area (Å²) in [6, 6.07) is 1.60. The van der Waals surface area contributed by atoms with Gasteiger partial charge in [-0.25, -0.2) is 0 Å². The van der Waals surface area contributed by atoms with Gasteiger partial charge in [-0.05, 0) is 19.4 Å². The Hall–Kier alpha value is -1.62. The van der Waals surface area contributed by atoms with Crippen LogP contribution in [0.5, 0.6) is 0 Å². The van der Waals surface area contributed by atoms with E-state index in [2.05, 4.69) is 4.98 Å². The second-order valence-electron chi connectivity index (χ2n) is 4.44. The number of nitrogens with two attached hydrogens (primary N) is 1. The van der Waals surface area contributed by atoms with Crippen LogP contribution in [0.15, 0.2) is 18.5 Å². The highest BCUT2D eigenvalue weighted by Crippen LogP contribution is 2.23. The molecule has 3 N–H and O–H groups in total.